The van der Waals surface area contributed by atoms with Crippen LogP contribution in [-0.4, -0.2) is 24.1 Å². The van der Waals surface area contributed by atoms with Gasteiger partial charge in [-0.15, -0.1) is 0 Å². The minimum Gasteiger partial charge on any atom is -0.479 e. The number of hydrogen-bond acceptors (Lipinski definition) is 4. The smallest absolute Gasteiger partial charge is 0.347 e. The van der Waals surface area contributed by atoms with Crippen LogP contribution < -0.4 is 10.1 Å². The molecule has 1 unspecified atom stereocenters. The summed E-state index contributed by atoms with van der Waals surface area (Å²) in [4.78, 5) is 23.9. The highest BCUT2D eigenvalue weighted by atomic mass is 16.6. The predicted octanol–water partition coefficient (Wildman–Crippen LogP) is 3.34. The van der Waals surface area contributed by atoms with Gasteiger partial charge in [-0.3, -0.25) is 4.79 Å². The van der Waals surface area contributed by atoms with Gasteiger partial charge in [-0.25, -0.2) is 4.79 Å². The van der Waals surface area contributed by atoms with Crippen molar-refractivity contribution in [3.63, 3.8) is 0 Å². The van der Waals surface area contributed by atoms with Crippen LogP contribution in [-0.2, 0) is 16.1 Å². The lowest BCUT2D eigenvalue weighted by Crippen LogP contribution is -2.28. The second-order valence-corrected chi connectivity index (χ2v) is 5.94. The molecule has 0 saturated heterocycles. The van der Waals surface area contributed by atoms with Crippen LogP contribution >= 0.6 is 0 Å². The first-order valence-electron chi connectivity index (χ1n) is 8.25. The fourth-order valence-corrected chi connectivity index (χ4v) is 2.15. The Kier molecular flexibility index (Phi) is 6.57. The van der Waals surface area contributed by atoms with Crippen molar-refractivity contribution < 1.29 is 19.1 Å². The lowest BCUT2D eigenvalue weighted by molar-refractivity contribution is -0.154. The lowest BCUT2D eigenvalue weighted by atomic mass is 10.2. The average Bonchev–Trinajstić information content (AvgIpc) is 2.60. The van der Waals surface area contributed by atoms with Crippen molar-refractivity contribution in [3.8, 4) is 5.75 Å². The van der Waals surface area contributed by atoms with E-state index in [2.05, 4.69) is 5.32 Å². The third-order valence-electron chi connectivity index (χ3n) is 3.41. The zero-order valence-electron chi connectivity index (χ0n) is 14.7. The third kappa shape index (κ3) is 5.95. The van der Waals surface area contributed by atoms with Crippen LogP contribution in [0, 0.1) is 0 Å². The summed E-state index contributed by atoms with van der Waals surface area (Å²) < 4.78 is 10.6. The molecule has 0 fully saturated rings. The molecule has 1 amide bonds. The summed E-state index contributed by atoms with van der Waals surface area (Å²) in [6, 6.07) is 16.4. The fourth-order valence-electron chi connectivity index (χ4n) is 2.15. The topological polar surface area (TPSA) is 64.6 Å². The Morgan fingerprint density at radius 2 is 1.60 bits per heavy atom. The van der Waals surface area contributed by atoms with Gasteiger partial charge in [-0.2, -0.15) is 0 Å². The molecule has 2 rings (SSSR count). The molecule has 2 aromatic carbocycles. The molecule has 25 heavy (non-hydrogen) atoms. The van der Waals surface area contributed by atoms with Crippen LogP contribution in [0.1, 0.15) is 36.7 Å². The van der Waals surface area contributed by atoms with Crippen molar-refractivity contribution in [3.05, 3.63) is 65.7 Å². The molecule has 0 aliphatic heterocycles. The molecule has 1 N–H and O–H groups in total. The molecule has 132 valence electrons. The number of amides is 1. The van der Waals surface area contributed by atoms with E-state index in [0.717, 1.165) is 5.56 Å². The maximum Gasteiger partial charge on any atom is 0.347 e. The summed E-state index contributed by atoms with van der Waals surface area (Å²) in [6.07, 6.45) is -0.894. The molecule has 0 radical (unpaired) electrons. The minimum atomic E-state index is -0.708. The van der Waals surface area contributed by atoms with E-state index >= 15 is 0 Å². The second-order valence-electron chi connectivity index (χ2n) is 5.94. The maximum absolute atomic E-state index is 12.2. The van der Waals surface area contributed by atoms with Crippen LogP contribution in [0.25, 0.3) is 0 Å². The van der Waals surface area contributed by atoms with Crippen LogP contribution in [0.4, 0.5) is 0 Å². The van der Waals surface area contributed by atoms with Crippen molar-refractivity contribution in [2.45, 2.75) is 39.5 Å². The molecular formula is C20H23NO4. The molecule has 0 aromatic heterocycles. The summed E-state index contributed by atoms with van der Waals surface area (Å²) in [6.45, 7) is 5.67. The molecule has 1 atom stereocenters. The first-order chi connectivity index (χ1) is 12.0. The molecule has 0 spiro atoms. The van der Waals surface area contributed by atoms with E-state index in [-0.39, 0.29) is 12.0 Å². The monoisotopic (exact) mass is 341 g/mol. The zero-order valence-corrected chi connectivity index (χ0v) is 14.7. The highest BCUT2D eigenvalue weighted by Crippen LogP contribution is 2.15. The zero-order chi connectivity index (χ0) is 18.2. The molecule has 5 heteroatoms. The minimum absolute atomic E-state index is 0.164. The van der Waals surface area contributed by atoms with E-state index in [9.17, 15) is 9.59 Å². The van der Waals surface area contributed by atoms with Crippen LogP contribution in [0.3, 0.4) is 0 Å². The van der Waals surface area contributed by atoms with Gasteiger partial charge in [0.2, 0.25) is 0 Å². The van der Waals surface area contributed by atoms with E-state index < -0.39 is 12.1 Å². The van der Waals surface area contributed by atoms with Crippen molar-refractivity contribution in [1.29, 1.82) is 0 Å². The summed E-state index contributed by atoms with van der Waals surface area (Å²) in [5, 5.41) is 2.86. The van der Waals surface area contributed by atoms with E-state index in [1.165, 1.54) is 0 Å². The van der Waals surface area contributed by atoms with Crippen molar-refractivity contribution in [1.82, 2.24) is 5.32 Å². The molecule has 5 nitrogen and oxygen atoms in total. The quantitative estimate of drug-likeness (QED) is 0.785. The van der Waals surface area contributed by atoms with Gasteiger partial charge in [0.05, 0.1) is 6.10 Å². The first kappa shape index (κ1) is 18.5. The number of esters is 1. The number of rotatable bonds is 7. The second kappa shape index (κ2) is 8.87. The Hall–Kier alpha value is -2.82. The lowest BCUT2D eigenvalue weighted by Gasteiger charge is -2.16. The Morgan fingerprint density at radius 3 is 2.20 bits per heavy atom. The van der Waals surface area contributed by atoms with E-state index in [1.807, 2.05) is 30.3 Å². The first-order valence-corrected chi connectivity index (χ1v) is 8.25. The number of nitrogens with one attached hydrogen (secondary N) is 1. The van der Waals surface area contributed by atoms with Gasteiger partial charge in [-0.05, 0) is 50.6 Å². The Bertz CT molecular complexity index is 695. The normalized spacial score (nSPS) is 11.7. The number of carbonyl (C=O) groups is 2. The van der Waals surface area contributed by atoms with Crippen molar-refractivity contribution in [2.24, 2.45) is 0 Å². The molecule has 0 saturated carbocycles. The van der Waals surface area contributed by atoms with Crippen LogP contribution in [0.5, 0.6) is 5.75 Å². The van der Waals surface area contributed by atoms with Gasteiger partial charge in [0.1, 0.15) is 5.75 Å². The van der Waals surface area contributed by atoms with Gasteiger partial charge in [0.15, 0.2) is 6.10 Å². The van der Waals surface area contributed by atoms with E-state index in [4.69, 9.17) is 9.47 Å². The number of benzene rings is 2. The van der Waals surface area contributed by atoms with Crippen LogP contribution in [0.2, 0.25) is 0 Å². The van der Waals surface area contributed by atoms with Gasteiger partial charge in [0.25, 0.3) is 5.91 Å². The Morgan fingerprint density at radius 1 is 0.960 bits per heavy atom. The molecule has 0 bridgehead atoms. The summed E-state index contributed by atoms with van der Waals surface area (Å²) in [5.74, 6) is -0.0739. The van der Waals surface area contributed by atoms with Crippen LogP contribution in [0.15, 0.2) is 54.6 Å². The van der Waals surface area contributed by atoms with E-state index in [0.29, 0.717) is 17.9 Å². The molecule has 0 aliphatic carbocycles. The van der Waals surface area contributed by atoms with Crippen molar-refractivity contribution >= 4 is 11.9 Å². The fraction of sp³-hybridized carbons (Fsp3) is 0.300. The third-order valence-corrected chi connectivity index (χ3v) is 3.41. The van der Waals surface area contributed by atoms with E-state index in [1.54, 1.807) is 45.0 Å². The largest absolute Gasteiger partial charge is 0.479 e. The molecule has 0 heterocycles. The number of carbonyl (C=O) groups excluding carboxylic acids is 2. The highest BCUT2D eigenvalue weighted by molar-refractivity contribution is 5.94. The Labute approximate surface area is 148 Å². The summed E-state index contributed by atoms with van der Waals surface area (Å²) in [7, 11) is 0. The van der Waals surface area contributed by atoms with Gasteiger partial charge >= 0.3 is 5.97 Å². The average molecular weight is 341 g/mol. The molecular weight excluding hydrogens is 318 g/mol. The van der Waals surface area contributed by atoms with Gasteiger partial charge < -0.3 is 14.8 Å². The maximum atomic E-state index is 12.2. The Balaban J connectivity index is 1.88. The predicted molar refractivity (Wildman–Crippen MR) is 95.4 cm³/mol. The van der Waals surface area contributed by atoms with Crippen molar-refractivity contribution in [2.75, 3.05) is 0 Å². The SMILES string of the molecule is CC(C)OC(=O)C(C)Oc1ccc(C(=O)NCc2ccccc2)cc1. The standard InChI is InChI=1S/C20H23NO4/c1-14(2)24-20(23)15(3)25-18-11-9-17(10-12-18)19(22)21-13-16-7-5-4-6-8-16/h4-12,14-15H,13H2,1-3H3,(H,21,22). The summed E-state index contributed by atoms with van der Waals surface area (Å²) >= 11 is 0. The molecule has 2 aromatic rings. The van der Waals surface area contributed by atoms with Gasteiger partial charge in [0, 0.05) is 12.1 Å². The number of hydrogen-bond donors (Lipinski definition) is 1. The number of ether oxygens (including phenoxy) is 2. The molecule has 0 aliphatic rings. The van der Waals surface area contributed by atoms with Gasteiger partial charge in [-0.1, -0.05) is 30.3 Å². The summed E-state index contributed by atoms with van der Waals surface area (Å²) in [5.41, 5.74) is 1.56. The highest BCUT2D eigenvalue weighted by Gasteiger charge is 2.17.